The van der Waals surface area contributed by atoms with Crippen molar-refractivity contribution in [1.82, 2.24) is 20.1 Å². The molecule has 4 aliphatic heterocycles. The number of carbonyl (C=O) groups excluding carboxylic acids is 4. The molecule has 588 valence electrons. The minimum Gasteiger partial charge on any atom is -0.497 e. The van der Waals surface area contributed by atoms with E-state index in [1.54, 1.807) is 41.6 Å². The van der Waals surface area contributed by atoms with Crippen molar-refractivity contribution in [2.45, 2.75) is 129 Å². The normalized spacial score (nSPS) is 17.6. The Morgan fingerprint density at radius 2 is 0.953 bits per heavy atom. The molecule has 25 nitrogen and oxygen atoms in total. The van der Waals surface area contributed by atoms with Crippen LogP contribution in [0, 0.1) is 12.3 Å². The van der Waals surface area contributed by atoms with Gasteiger partial charge in [0.05, 0.1) is 142 Å². The lowest BCUT2D eigenvalue weighted by Gasteiger charge is -2.44. The van der Waals surface area contributed by atoms with E-state index in [9.17, 15) is 4.79 Å². The summed E-state index contributed by atoms with van der Waals surface area (Å²) in [6.07, 6.45) is 6.78. The number of terminal acetylenes is 1. The Morgan fingerprint density at radius 1 is 0.542 bits per heavy atom. The van der Waals surface area contributed by atoms with Crippen LogP contribution >= 0.6 is 69.6 Å². The number of rotatable bonds is 37. The van der Waals surface area contributed by atoms with Gasteiger partial charge in [-0.05, 0) is 102 Å². The maximum Gasteiger partial charge on any atom is 0.416 e. The van der Waals surface area contributed by atoms with Crippen LogP contribution in [-0.4, -0.2) is 221 Å². The van der Waals surface area contributed by atoms with Crippen molar-refractivity contribution in [3.8, 4) is 47.0 Å². The van der Waals surface area contributed by atoms with Gasteiger partial charge in [-0.15, -0.1) is 6.42 Å². The van der Waals surface area contributed by atoms with Crippen molar-refractivity contribution in [2.75, 3.05) is 143 Å². The Kier molecular flexibility index (Phi) is 31.4. The Labute approximate surface area is 659 Å². The Hall–Kier alpha value is -6.02. The Balaban J connectivity index is 0.993. The van der Waals surface area contributed by atoms with Gasteiger partial charge in [-0.1, -0.05) is 129 Å². The first-order chi connectivity index (χ1) is 50.6. The van der Waals surface area contributed by atoms with Crippen LogP contribution in [-0.2, 0) is 42.0 Å². The van der Waals surface area contributed by atoms with E-state index in [4.69, 9.17) is 146 Å². The van der Waals surface area contributed by atoms with Crippen LogP contribution in [0.5, 0.6) is 34.6 Å². The van der Waals surface area contributed by atoms with Crippen LogP contribution < -0.4 is 43.5 Å². The number of hydrogen-bond acceptors (Lipinski definition) is 21. The molecule has 0 bridgehead atoms. The van der Waals surface area contributed by atoms with Crippen LogP contribution in [0.15, 0.2) is 79.3 Å². The van der Waals surface area contributed by atoms with E-state index < -0.39 is 91.0 Å². The van der Waals surface area contributed by atoms with Gasteiger partial charge in [0.1, 0.15) is 25.6 Å². The van der Waals surface area contributed by atoms with Crippen LogP contribution in [0.2, 0.25) is 36.3 Å². The summed E-state index contributed by atoms with van der Waals surface area (Å²) in [6, 6.07) is 15.5. The van der Waals surface area contributed by atoms with Gasteiger partial charge in [-0.25, -0.2) is 24.4 Å². The SMILES string of the molecule is C#CCNCCOCCOCCOCCOCCOCCOc1ccc(C2=CN3C(=O)c4cc(OC)c(OCCCOc5cc6c(cc5OC)C(=O)N5C=C(c7ccc(OC)cc7)CC5C(O[Si](C)(C)C(C)(C)C)N6C(=O)OCC(Cl)(Cl)Cl)cc4N(C(=O)OCC(Cl)(Cl)Cl)C(O[Si](C)(C)C(C)(C)C)C3C2)cn1. The molecule has 4 amide bonds. The average Bonchev–Trinajstić information content (AvgIpc) is 1.61. The molecule has 4 aromatic rings. The molecule has 1 N–H and O–H groups in total. The highest BCUT2D eigenvalue weighted by Crippen LogP contribution is 2.50. The molecule has 1 aromatic heterocycles. The molecule has 3 aromatic carbocycles. The van der Waals surface area contributed by atoms with Gasteiger partial charge in [-0.3, -0.25) is 9.59 Å². The van der Waals surface area contributed by atoms with Crippen molar-refractivity contribution in [1.29, 1.82) is 0 Å². The van der Waals surface area contributed by atoms with E-state index in [-0.39, 0.29) is 96.2 Å². The number of carbonyl (C=O) groups is 4. The van der Waals surface area contributed by atoms with Crippen LogP contribution in [0.3, 0.4) is 0 Å². The van der Waals surface area contributed by atoms with E-state index in [0.29, 0.717) is 95.3 Å². The summed E-state index contributed by atoms with van der Waals surface area (Å²) < 4.78 is 86.2. The van der Waals surface area contributed by atoms with E-state index in [1.165, 1.54) is 48.3 Å². The number of ether oxygens (including phenoxy) is 13. The second-order valence-corrected chi connectivity index (χ2v) is 42.9. The molecule has 33 heteroatoms. The number of methoxy groups -OCH3 is 3. The zero-order chi connectivity index (χ0) is 78.1. The third-order valence-corrected chi connectivity index (χ3v) is 28.4. The van der Waals surface area contributed by atoms with Crippen molar-refractivity contribution < 1.29 is 89.6 Å². The van der Waals surface area contributed by atoms with Crippen LogP contribution in [0.1, 0.15) is 92.6 Å². The smallest absolute Gasteiger partial charge is 0.416 e. The molecule has 5 heterocycles. The summed E-state index contributed by atoms with van der Waals surface area (Å²) in [7, 11) is -1.29. The predicted octanol–water partition coefficient (Wildman–Crippen LogP) is 14.5. The van der Waals surface area contributed by atoms with Gasteiger partial charge in [0, 0.05) is 49.8 Å². The summed E-state index contributed by atoms with van der Waals surface area (Å²) >= 11 is 37.3. The van der Waals surface area contributed by atoms with E-state index in [2.05, 4.69) is 57.8 Å². The van der Waals surface area contributed by atoms with Gasteiger partial charge in [0.15, 0.2) is 52.1 Å². The molecular formula is C74H98Cl6N6O19Si2. The molecule has 107 heavy (non-hydrogen) atoms. The van der Waals surface area contributed by atoms with E-state index >= 15 is 14.4 Å². The van der Waals surface area contributed by atoms with Crippen molar-refractivity contribution in [3.05, 3.63) is 102 Å². The Bertz CT molecular complexity index is 3770. The number of nitrogens with zero attached hydrogens (tertiary/aromatic N) is 5. The molecule has 0 aliphatic carbocycles. The van der Waals surface area contributed by atoms with Crippen LogP contribution in [0.25, 0.3) is 11.1 Å². The zero-order valence-corrected chi connectivity index (χ0v) is 69.3. The van der Waals surface area contributed by atoms with E-state index in [1.807, 2.05) is 56.5 Å². The summed E-state index contributed by atoms with van der Waals surface area (Å²) in [5, 5.41) is 2.27. The minimum absolute atomic E-state index is 0.0257. The number of nitrogens with one attached hydrogen (secondary N) is 1. The lowest BCUT2D eigenvalue weighted by molar-refractivity contribution is -0.0125. The number of anilines is 2. The van der Waals surface area contributed by atoms with Gasteiger partial charge in [-0.2, -0.15) is 0 Å². The maximum atomic E-state index is 15.4. The number of pyridine rings is 1. The molecule has 0 radical (unpaired) electrons. The summed E-state index contributed by atoms with van der Waals surface area (Å²) in [4.78, 5) is 70.9. The summed E-state index contributed by atoms with van der Waals surface area (Å²) in [5.74, 6) is 3.16. The molecule has 0 fully saturated rings. The predicted molar refractivity (Wildman–Crippen MR) is 418 cm³/mol. The molecule has 0 spiro atoms. The second kappa shape index (κ2) is 38.8. The molecule has 0 saturated carbocycles. The monoisotopic (exact) mass is 1640 g/mol. The van der Waals surface area contributed by atoms with Crippen molar-refractivity contribution >= 4 is 133 Å². The highest BCUT2D eigenvalue weighted by atomic mass is 35.6. The first-order valence-corrected chi connectivity index (χ1v) is 43.1. The van der Waals surface area contributed by atoms with Gasteiger partial charge in [0.2, 0.25) is 13.5 Å². The standard InChI is InChI=1S/C74H98Cl6N6O19Si2/c1-15-23-81-24-27-94-28-29-95-30-31-96-32-33-97-34-35-98-36-37-101-64-22-19-50(44-82-64)52-39-59-68(105-107(13,14)72(5,6)7)86(70(90)103-48-74(78,79)80)57-43-63(61(93-10)41-55(57)66(88)84(59)46-52)100-26-16-25-99-62-42-56-54(40-60(62)92-9)65(87)83-45-51(49-17-20-53(91-8)21-18-49)38-58(83)67(104-106(11,12)71(2,3)4)85(56)69(89)102-47-73(75,76)77/h1,17-22,40-46,58-59,67-68,81H,16,23-39,47-48H2,2-14H3. The fourth-order valence-corrected chi connectivity index (χ4v) is 14.0. The number of aromatic nitrogens is 1. The lowest BCUT2D eigenvalue weighted by Crippen LogP contribution is -2.58. The minimum atomic E-state index is -2.89. The van der Waals surface area contributed by atoms with Gasteiger partial charge < -0.3 is 85.5 Å². The molecular weight excluding hydrogens is 1550 g/mol. The number of alkyl halides is 6. The fraction of sp³-hybridized carbons (Fsp3) is 0.554. The van der Waals surface area contributed by atoms with Crippen molar-refractivity contribution in [3.63, 3.8) is 0 Å². The lowest BCUT2D eigenvalue weighted by atomic mass is 10.0. The fourth-order valence-electron chi connectivity index (χ4n) is 11.3. The quantitative estimate of drug-likeness (QED) is 0.0191. The molecule has 4 atom stereocenters. The molecule has 4 aliphatic rings. The third-order valence-electron chi connectivity index (χ3n) is 18.9. The number of benzene rings is 3. The van der Waals surface area contributed by atoms with Crippen molar-refractivity contribution in [2.24, 2.45) is 0 Å². The third kappa shape index (κ3) is 23.5. The number of halogens is 6. The summed E-state index contributed by atoms with van der Waals surface area (Å²) in [5.41, 5.74) is 3.31. The topological polar surface area (TPSA) is 245 Å². The van der Waals surface area contributed by atoms with Gasteiger partial charge >= 0.3 is 12.2 Å². The zero-order valence-electron chi connectivity index (χ0n) is 62.8. The van der Waals surface area contributed by atoms with E-state index in [0.717, 1.165) is 11.1 Å². The van der Waals surface area contributed by atoms with Crippen LogP contribution in [0.4, 0.5) is 21.0 Å². The Morgan fingerprint density at radius 3 is 1.34 bits per heavy atom. The molecule has 4 unspecified atom stereocenters. The maximum absolute atomic E-state index is 15.4. The number of hydrogen-bond donors (Lipinski definition) is 1. The molecule has 8 rings (SSSR count). The average molecular weight is 1640 g/mol. The molecule has 0 saturated heterocycles. The second-order valence-electron chi connectivity index (χ2n) is 28.4. The largest absolute Gasteiger partial charge is 0.497 e. The number of amides is 4. The highest BCUT2D eigenvalue weighted by molar-refractivity contribution is 6.74. The first-order valence-electron chi connectivity index (χ1n) is 35.0. The van der Waals surface area contributed by atoms with Gasteiger partial charge in [0.25, 0.3) is 11.8 Å². The summed E-state index contributed by atoms with van der Waals surface area (Å²) in [6.45, 7) is 24.9. The highest BCUT2D eigenvalue weighted by Gasteiger charge is 2.54. The number of fused-ring (bicyclic) bond motifs is 4. The first kappa shape index (κ1) is 86.6.